The van der Waals surface area contributed by atoms with Gasteiger partial charge in [-0.2, -0.15) is 0 Å². The van der Waals surface area contributed by atoms with Gasteiger partial charge < -0.3 is 0 Å². The molecule has 0 unspecified atom stereocenters. The first-order valence-corrected chi connectivity index (χ1v) is 15.2. The SMILES string of the molecule is CCCCCCCCCCCCCCCCCCCCCCCCCCCC(=O)CC(C)=O. The molecule has 0 N–H and O–H groups in total. The van der Waals surface area contributed by atoms with Crippen molar-refractivity contribution in [1.82, 2.24) is 0 Å². The monoisotopic (exact) mass is 464 g/mol. The number of carbonyl (C=O) groups is 2. The molecule has 0 saturated heterocycles. The summed E-state index contributed by atoms with van der Waals surface area (Å²) in [6.07, 6.45) is 35.6. The first kappa shape index (κ1) is 32.3. The lowest BCUT2D eigenvalue weighted by molar-refractivity contribution is -0.125. The van der Waals surface area contributed by atoms with Gasteiger partial charge in [0, 0.05) is 6.42 Å². The Morgan fingerprint density at radius 1 is 0.394 bits per heavy atom. The summed E-state index contributed by atoms with van der Waals surface area (Å²) in [5, 5.41) is 0. The van der Waals surface area contributed by atoms with E-state index in [1.165, 1.54) is 155 Å². The molecule has 0 rings (SSSR count). The number of hydrogen-bond donors (Lipinski definition) is 0. The third kappa shape index (κ3) is 29.3. The van der Waals surface area contributed by atoms with E-state index in [1.54, 1.807) is 0 Å². The van der Waals surface area contributed by atoms with E-state index in [0.717, 1.165) is 12.8 Å². The van der Waals surface area contributed by atoms with E-state index < -0.39 is 0 Å². The van der Waals surface area contributed by atoms with Crippen LogP contribution in [0.2, 0.25) is 0 Å². The van der Waals surface area contributed by atoms with Crippen molar-refractivity contribution in [2.45, 2.75) is 187 Å². The van der Waals surface area contributed by atoms with Gasteiger partial charge in [-0.15, -0.1) is 0 Å². The highest BCUT2D eigenvalue weighted by atomic mass is 16.1. The van der Waals surface area contributed by atoms with Gasteiger partial charge in [-0.05, 0) is 13.3 Å². The summed E-state index contributed by atoms with van der Waals surface area (Å²) in [7, 11) is 0. The summed E-state index contributed by atoms with van der Waals surface area (Å²) < 4.78 is 0. The minimum absolute atomic E-state index is 0.000382. The normalized spacial score (nSPS) is 11.2. The van der Waals surface area contributed by atoms with Crippen LogP contribution in [0.4, 0.5) is 0 Å². The second-order valence-corrected chi connectivity index (χ2v) is 10.7. The number of unbranched alkanes of at least 4 members (excludes halogenated alkanes) is 24. The van der Waals surface area contributed by atoms with Crippen molar-refractivity contribution in [2.75, 3.05) is 0 Å². The number of Topliss-reactive ketones (excluding diaryl/α,β-unsaturated/α-hetero) is 2. The fraction of sp³-hybridized carbons (Fsp3) is 0.935. The van der Waals surface area contributed by atoms with Crippen LogP contribution in [0.3, 0.4) is 0 Å². The molecule has 0 aromatic rings. The van der Waals surface area contributed by atoms with Crippen LogP contribution in [0.25, 0.3) is 0 Å². The minimum Gasteiger partial charge on any atom is -0.300 e. The van der Waals surface area contributed by atoms with Gasteiger partial charge in [0.1, 0.15) is 11.6 Å². The molecule has 0 atom stereocenters. The molecule has 0 aromatic carbocycles. The van der Waals surface area contributed by atoms with E-state index >= 15 is 0 Å². The van der Waals surface area contributed by atoms with Crippen LogP contribution in [0.1, 0.15) is 187 Å². The van der Waals surface area contributed by atoms with Crippen molar-refractivity contribution in [2.24, 2.45) is 0 Å². The van der Waals surface area contributed by atoms with Crippen LogP contribution in [0, 0.1) is 0 Å². The number of rotatable bonds is 28. The summed E-state index contributed by atoms with van der Waals surface area (Å²) in [4.78, 5) is 22.3. The van der Waals surface area contributed by atoms with Crippen molar-refractivity contribution in [1.29, 1.82) is 0 Å². The smallest absolute Gasteiger partial charge is 0.140 e. The van der Waals surface area contributed by atoms with Gasteiger partial charge in [-0.3, -0.25) is 9.59 Å². The summed E-state index contributed by atoms with van der Waals surface area (Å²) >= 11 is 0. The quantitative estimate of drug-likeness (QED) is 0.0852. The van der Waals surface area contributed by atoms with E-state index in [-0.39, 0.29) is 18.0 Å². The van der Waals surface area contributed by atoms with Crippen LogP contribution in [0.15, 0.2) is 0 Å². The van der Waals surface area contributed by atoms with E-state index in [9.17, 15) is 9.59 Å². The largest absolute Gasteiger partial charge is 0.300 e. The third-order valence-electron chi connectivity index (χ3n) is 7.01. The standard InChI is InChI=1S/C31H60O2/c1-3-4-5-6-7-8-9-10-11-12-13-14-15-16-17-18-19-20-21-22-23-24-25-26-27-28-31(33)29-30(2)32/h3-29H2,1-2H3. The van der Waals surface area contributed by atoms with Crippen LogP contribution in [0.5, 0.6) is 0 Å². The van der Waals surface area contributed by atoms with Crippen LogP contribution < -0.4 is 0 Å². The van der Waals surface area contributed by atoms with Crippen LogP contribution in [-0.2, 0) is 9.59 Å². The van der Waals surface area contributed by atoms with Crippen molar-refractivity contribution in [3.8, 4) is 0 Å². The molecule has 0 spiro atoms. The highest BCUT2D eigenvalue weighted by Gasteiger charge is 2.04. The maximum atomic E-state index is 11.5. The van der Waals surface area contributed by atoms with Crippen molar-refractivity contribution in [3.05, 3.63) is 0 Å². The Morgan fingerprint density at radius 2 is 0.636 bits per heavy atom. The minimum atomic E-state index is -0.000382. The number of hydrogen-bond acceptors (Lipinski definition) is 2. The van der Waals surface area contributed by atoms with Gasteiger partial charge in [0.05, 0.1) is 6.42 Å². The molecule has 0 heterocycles. The molecule has 0 amide bonds. The molecule has 33 heavy (non-hydrogen) atoms. The molecule has 0 aromatic heterocycles. The second-order valence-electron chi connectivity index (χ2n) is 10.7. The lowest BCUT2D eigenvalue weighted by Crippen LogP contribution is -2.03. The molecular weight excluding hydrogens is 404 g/mol. The predicted molar refractivity (Wildman–Crippen MR) is 146 cm³/mol. The van der Waals surface area contributed by atoms with Gasteiger partial charge in [0.2, 0.25) is 0 Å². The first-order valence-electron chi connectivity index (χ1n) is 15.2. The van der Waals surface area contributed by atoms with E-state index in [0.29, 0.717) is 6.42 Å². The van der Waals surface area contributed by atoms with Gasteiger partial charge in [0.15, 0.2) is 0 Å². The Hall–Kier alpha value is -0.660. The summed E-state index contributed by atoms with van der Waals surface area (Å²) in [5.74, 6) is 0.121. The van der Waals surface area contributed by atoms with Gasteiger partial charge in [-0.25, -0.2) is 0 Å². The Balaban J connectivity index is 3.06. The number of carbonyl (C=O) groups excluding carboxylic acids is 2. The second kappa shape index (κ2) is 27.6. The molecule has 0 aliphatic carbocycles. The predicted octanol–water partition coefficient (Wildman–Crippen LogP) is 10.7. The average Bonchev–Trinajstić information content (AvgIpc) is 2.78. The zero-order valence-corrected chi connectivity index (χ0v) is 22.9. The topological polar surface area (TPSA) is 34.1 Å². The molecular formula is C31H60O2. The summed E-state index contributed by atoms with van der Waals surface area (Å²) in [5.41, 5.74) is 0. The molecule has 0 aliphatic heterocycles. The highest BCUT2D eigenvalue weighted by molar-refractivity contribution is 5.97. The maximum absolute atomic E-state index is 11.5. The molecule has 196 valence electrons. The fourth-order valence-corrected chi connectivity index (χ4v) is 4.83. The van der Waals surface area contributed by atoms with Crippen molar-refractivity contribution in [3.63, 3.8) is 0 Å². The Labute approximate surface area is 208 Å². The fourth-order valence-electron chi connectivity index (χ4n) is 4.83. The lowest BCUT2D eigenvalue weighted by atomic mass is 10.0. The Morgan fingerprint density at radius 3 is 0.879 bits per heavy atom. The van der Waals surface area contributed by atoms with E-state index in [4.69, 9.17) is 0 Å². The molecule has 2 heteroatoms. The zero-order valence-electron chi connectivity index (χ0n) is 22.9. The maximum Gasteiger partial charge on any atom is 0.140 e. The van der Waals surface area contributed by atoms with Crippen molar-refractivity contribution < 1.29 is 9.59 Å². The van der Waals surface area contributed by atoms with Gasteiger partial charge in [-0.1, -0.05) is 161 Å². The zero-order chi connectivity index (χ0) is 24.2. The molecule has 0 fully saturated rings. The van der Waals surface area contributed by atoms with Crippen molar-refractivity contribution >= 4 is 11.6 Å². The van der Waals surface area contributed by atoms with E-state index in [1.807, 2.05) is 0 Å². The van der Waals surface area contributed by atoms with E-state index in [2.05, 4.69) is 6.92 Å². The average molecular weight is 465 g/mol. The third-order valence-corrected chi connectivity index (χ3v) is 7.01. The Bertz CT molecular complexity index is 415. The molecule has 0 radical (unpaired) electrons. The van der Waals surface area contributed by atoms with Crippen LogP contribution >= 0.6 is 0 Å². The van der Waals surface area contributed by atoms with Gasteiger partial charge in [0.25, 0.3) is 0 Å². The highest BCUT2D eigenvalue weighted by Crippen LogP contribution is 2.16. The molecule has 0 saturated carbocycles. The Kier molecular flexibility index (Phi) is 27.0. The number of ketones is 2. The molecule has 0 aliphatic rings. The molecule has 2 nitrogen and oxygen atoms in total. The lowest BCUT2D eigenvalue weighted by Gasteiger charge is -2.04. The van der Waals surface area contributed by atoms with Crippen LogP contribution in [-0.4, -0.2) is 11.6 Å². The first-order chi connectivity index (χ1) is 16.2. The summed E-state index contributed by atoms with van der Waals surface area (Å²) in [6, 6.07) is 0. The summed E-state index contributed by atoms with van der Waals surface area (Å²) in [6.45, 7) is 3.79. The van der Waals surface area contributed by atoms with Gasteiger partial charge >= 0.3 is 0 Å². The molecule has 0 bridgehead atoms.